The van der Waals surface area contributed by atoms with Crippen LogP contribution < -0.4 is 19.1 Å². The highest BCUT2D eigenvalue weighted by molar-refractivity contribution is 5.65. The molecule has 142 valence electrons. The Balaban J connectivity index is 1.50. The molecule has 0 aromatic heterocycles. The van der Waals surface area contributed by atoms with Gasteiger partial charge in [0.05, 0.1) is 40.0 Å². The van der Waals surface area contributed by atoms with Gasteiger partial charge in [-0.05, 0) is 23.3 Å². The first kappa shape index (κ1) is 17.9. The van der Waals surface area contributed by atoms with Crippen molar-refractivity contribution in [2.75, 3.05) is 34.4 Å². The van der Waals surface area contributed by atoms with E-state index in [1.165, 1.54) is 29.5 Å². The van der Waals surface area contributed by atoms with Crippen LogP contribution in [-0.2, 0) is 12.0 Å². The average Bonchev–Trinajstić information content (AvgIpc) is 3.07. The summed E-state index contributed by atoms with van der Waals surface area (Å²) >= 11 is 0. The van der Waals surface area contributed by atoms with Gasteiger partial charge < -0.3 is 19.1 Å². The van der Waals surface area contributed by atoms with Gasteiger partial charge in [-0.3, -0.25) is 0 Å². The number of quaternary nitrogens is 1. The average molecular weight is 366 g/mol. The van der Waals surface area contributed by atoms with Gasteiger partial charge in [0, 0.05) is 18.3 Å². The fourth-order valence-corrected chi connectivity index (χ4v) is 4.67. The molecule has 2 aliphatic rings. The van der Waals surface area contributed by atoms with Crippen molar-refractivity contribution >= 4 is 6.08 Å². The van der Waals surface area contributed by atoms with E-state index >= 15 is 0 Å². The molecule has 4 nitrogen and oxygen atoms in total. The van der Waals surface area contributed by atoms with Gasteiger partial charge in [-0.2, -0.15) is 0 Å². The Morgan fingerprint density at radius 1 is 0.889 bits per heavy atom. The lowest BCUT2D eigenvalue weighted by molar-refractivity contribution is -0.919. The van der Waals surface area contributed by atoms with Crippen LogP contribution in [0, 0.1) is 0 Å². The zero-order chi connectivity index (χ0) is 18.9. The Labute approximate surface area is 161 Å². The first-order chi connectivity index (χ1) is 13.2. The summed E-state index contributed by atoms with van der Waals surface area (Å²) in [6, 6.07) is 12.9. The Morgan fingerprint density at radius 2 is 1.63 bits per heavy atom. The number of rotatable bonds is 5. The third-order valence-electron chi connectivity index (χ3n) is 6.15. The van der Waals surface area contributed by atoms with Crippen molar-refractivity contribution in [1.29, 1.82) is 0 Å². The lowest BCUT2D eigenvalue weighted by Crippen LogP contribution is -3.12. The van der Waals surface area contributed by atoms with E-state index in [2.05, 4.69) is 42.5 Å². The van der Waals surface area contributed by atoms with Crippen LogP contribution in [0.4, 0.5) is 0 Å². The summed E-state index contributed by atoms with van der Waals surface area (Å²) in [6.07, 6.45) is 7.11. The molecule has 1 N–H and O–H groups in total. The molecule has 1 fully saturated rings. The molecule has 1 saturated heterocycles. The van der Waals surface area contributed by atoms with Crippen LogP contribution in [0.1, 0.15) is 29.5 Å². The van der Waals surface area contributed by atoms with Gasteiger partial charge in [0.25, 0.3) is 0 Å². The molecule has 1 aliphatic heterocycles. The number of allylic oxidation sites excluding steroid dienone is 1. The predicted octanol–water partition coefficient (Wildman–Crippen LogP) is 2.86. The smallest absolute Gasteiger partial charge is 0.203 e. The van der Waals surface area contributed by atoms with Crippen LogP contribution >= 0.6 is 0 Å². The number of fused-ring (bicyclic) bond motifs is 2. The highest BCUT2D eigenvalue weighted by Crippen LogP contribution is 2.42. The third kappa shape index (κ3) is 3.08. The van der Waals surface area contributed by atoms with Gasteiger partial charge in [-0.25, -0.2) is 0 Å². The second kappa shape index (κ2) is 7.28. The van der Waals surface area contributed by atoms with E-state index in [4.69, 9.17) is 14.2 Å². The Kier molecular flexibility index (Phi) is 4.83. The van der Waals surface area contributed by atoms with Crippen molar-refractivity contribution in [2.24, 2.45) is 0 Å². The maximum atomic E-state index is 5.66. The number of hydrogen-bond acceptors (Lipinski definition) is 3. The highest BCUT2D eigenvalue weighted by atomic mass is 16.5. The monoisotopic (exact) mass is 366 g/mol. The van der Waals surface area contributed by atoms with E-state index in [0.717, 1.165) is 25.4 Å². The standard InChI is InChI=1S/C23H27NO3/c1-25-20-9-8-18(21(26-2)22(20)27-3)16-24-14-12-23(13-15-24)11-10-17-6-4-5-7-19(17)23/h4-11H,12-16H2,1-3H3/p+1. The largest absolute Gasteiger partial charge is 0.493 e. The normalized spacial score (nSPS) is 23.3. The van der Waals surface area contributed by atoms with Crippen molar-refractivity contribution in [3.05, 3.63) is 59.2 Å². The van der Waals surface area contributed by atoms with E-state index in [1.807, 2.05) is 6.07 Å². The first-order valence-corrected chi connectivity index (χ1v) is 9.61. The van der Waals surface area contributed by atoms with Crippen molar-refractivity contribution < 1.29 is 19.1 Å². The maximum absolute atomic E-state index is 5.66. The third-order valence-corrected chi connectivity index (χ3v) is 6.15. The van der Waals surface area contributed by atoms with E-state index < -0.39 is 0 Å². The predicted molar refractivity (Wildman–Crippen MR) is 107 cm³/mol. The van der Waals surface area contributed by atoms with Crippen LogP contribution in [0.5, 0.6) is 17.2 Å². The summed E-state index contributed by atoms with van der Waals surface area (Å²) in [5.74, 6) is 2.17. The maximum Gasteiger partial charge on any atom is 0.203 e. The number of benzene rings is 2. The molecule has 2 aromatic carbocycles. The second-order valence-corrected chi connectivity index (χ2v) is 7.50. The van der Waals surface area contributed by atoms with Gasteiger partial charge >= 0.3 is 0 Å². The number of nitrogens with one attached hydrogen (secondary N) is 1. The molecule has 0 bridgehead atoms. The summed E-state index contributed by atoms with van der Waals surface area (Å²) in [6.45, 7) is 3.23. The molecule has 0 amide bonds. The SMILES string of the molecule is COc1ccc(C[NH+]2CCC3(C=Cc4ccccc43)CC2)c(OC)c1OC. The molecule has 1 aliphatic carbocycles. The number of hydrogen-bond donors (Lipinski definition) is 1. The summed E-state index contributed by atoms with van der Waals surface area (Å²) in [5.41, 5.74) is 4.31. The molecule has 4 rings (SSSR count). The minimum atomic E-state index is 0.238. The molecule has 0 radical (unpaired) electrons. The highest BCUT2D eigenvalue weighted by Gasteiger charge is 2.39. The zero-order valence-electron chi connectivity index (χ0n) is 16.4. The zero-order valence-corrected chi connectivity index (χ0v) is 16.4. The van der Waals surface area contributed by atoms with Crippen LogP contribution in [0.2, 0.25) is 0 Å². The Bertz CT molecular complexity index is 851. The summed E-state index contributed by atoms with van der Waals surface area (Å²) < 4.78 is 16.6. The van der Waals surface area contributed by atoms with Crippen LogP contribution in [0.15, 0.2) is 42.5 Å². The van der Waals surface area contributed by atoms with Crippen LogP contribution in [0.25, 0.3) is 6.08 Å². The van der Waals surface area contributed by atoms with Gasteiger partial charge in [0.15, 0.2) is 11.5 Å². The van der Waals surface area contributed by atoms with E-state index in [0.29, 0.717) is 11.5 Å². The second-order valence-electron chi connectivity index (χ2n) is 7.50. The van der Waals surface area contributed by atoms with Gasteiger partial charge in [0.2, 0.25) is 5.75 Å². The quantitative estimate of drug-likeness (QED) is 0.883. The van der Waals surface area contributed by atoms with Crippen molar-refractivity contribution in [3.63, 3.8) is 0 Å². The number of likely N-dealkylation sites (tertiary alicyclic amines) is 1. The number of piperidine rings is 1. The fourth-order valence-electron chi connectivity index (χ4n) is 4.67. The van der Waals surface area contributed by atoms with Crippen molar-refractivity contribution in [3.8, 4) is 17.2 Å². The Hall–Kier alpha value is -2.46. The summed E-state index contributed by atoms with van der Waals surface area (Å²) in [7, 11) is 5.01. The molecule has 0 saturated carbocycles. The summed E-state index contributed by atoms with van der Waals surface area (Å²) in [5, 5.41) is 0. The fraction of sp³-hybridized carbons (Fsp3) is 0.391. The molecule has 4 heteroatoms. The van der Waals surface area contributed by atoms with E-state index in [-0.39, 0.29) is 5.41 Å². The molecule has 1 spiro atoms. The lowest BCUT2D eigenvalue weighted by atomic mass is 9.74. The minimum absolute atomic E-state index is 0.238. The van der Waals surface area contributed by atoms with Gasteiger partial charge in [-0.1, -0.05) is 36.4 Å². The lowest BCUT2D eigenvalue weighted by Gasteiger charge is -2.37. The molecule has 27 heavy (non-hydrogen) atoms. The molecule has 2 aromatic rings. The minimum Gasteiger partial charge on any atom is -0.493 e. The molecule has 1 heterocycles. The van der Waals surface area contributed by atoms with Crippen LogP contribution in [-0.4, -0.2) is 34.4 Å². The first-order valence-electron chi connectivity index (χ1n) is 9.61. The van der Waals surface area contributed by atoms with Crippen molar-refractivity contribution in [2.45, 2.75) is 24.8 Å². The van der Waals surface area contributed by atoms with Crippen LogP contribution in [0.3, 0.4) is 0 Å². The van der Waals surface area contributed by atoms with Crippen molar-refractivity contribution in [1.82, 2.24) is 0 Å². The molecular formula is C23H28NO3+. The summed E-state index contributed by atoms with van der Waals surface area (Å²) in [4.78, 5) is 1.59. The topological polar surface area (TPSA) is 32.1 Å². The van der Waals surface area contributed by atoms with E-state index in [9.17, 15) is 0 Å². The Morgan fingerprint density at radius 3 is 2.33 bits per heavy atom. The molecule has 0 unspecified atom stereocenters. The number of ether oxygens (including phenoxy) is 3. The number of methoxy groups -OCH3 is 3. The van der Waals surface area contributed by atoms with Gasteiger partial charge in [0.1, 0.15) is 6.54 Å². The molecule has 0 atom stereocenters. The van der Waals surface area contributed by atoms with Gasteiger partial charge in [-0.15, -0.1) is 0 Å². The molecular weight excluding hydrogens is 338 g/mol. The van der Waals surface area contributed by atoms with E-state index in [1.54, 1.807) is 26.2 Å².